The standard InChI is InChI=1S/C28H31BrF3N5O8S/c1-13-4-15(29)8-16(5-13)37(20-10-35(11-21(20)39)46(3,42)43)28(41)27-26(44-2)24(25(40)22(12-38)45-27)36-9-19(33-34-36)14-6-17(30)23(32)18(31)7-14/h4-9,20-22,24-27,38-40H,10-12H2,1-3H3/t20-,21-,22?,24?,25?,26?,27?/m0/s1. The van der Waals surface area contributed by atoms with Crippen LogP contribution >= 0.6 is 15.9 Å². The molecule has 2 aromatic carbocycles. The third-order valence-electron chi connectivity index (χ3n) is 8.05. The summed E-state index contributed by atoms with van der Waals surface area (Å²) >= 11 is 3.41. The van der Waals surface area contributed by atoms with E-state index in [4.69, 9.17) is 9.47 Å². The number of rotatable bonds is 8. The van der Waals surface area contributed by atoms with Gasteiger partial charge in [0.1, 0.15) is 30.0 Å². The Morgan fingerprint density at radius 2 is 1.83 bits per heavy atom. The second-order valence-electron chi connectivity index (χ2n) is 11.2. The highest BCUT2D eigenvalue weighted by Gasteiger charge is 2.53. The summed E-state index contributed by atoms with van der Waals surface area (Å²) in [6, 6.07) is 4.13. The summed E-state index contributed by atoms with van der Waals surface area (Å²) in [6.45, 7) is 0.508. The van der Waals surface area contributed by atoms with Crippen LogP contribution in [0.25, 0.3) is 11.3 Å². The van der Waals surface area contributed by atoms with Crippen LogP contribution < -0.4 is 4.90 Å². The number of ether oxygens (including phenoxy) is 2. The molecule has 3 aromatic rings. The van der Waals surface area contributed by atoms with Crippen LogP contribution in [0.2, 0.25) is 0 Å². The van der Waals surface area contributed by atoms with Gasteiger partial charge >= 0.3 is 0 Å². The first kappa shape index (κ1) is 34.4. The number of carbonyl (C=O) groups is 1. The summed E-state index contributed by atoms with van der Waals surface area (Å²) in [6.07, 6.45) is -4.92. The summed E-state index contributed by atoms with van der Waals surface area (Å²) in [5.74, 6) is -5.37. The first-order valence-electron chi connectivity index (χ1n) is 13.9. The van der Waals surface area contributed by atoms with Crippen molar-refractivity contribution in [3.05, 3.63) is 64.0 Å². The van der Waals surface area contributed by atoms with Gasteiger partial charge in [-0.25, -0.2) is 26.3 Å². The number of nitrogens with zero attached hydrogens (tertiary/aromatic N) is 5. The maximum atomic E-state index is 14.6. The van der Waals surface area contributed by atoms with Crippen LogP contribution in [0.3, 0.4) is 0 Å². The lowest BCUT2D eigenvalue weighted by molar-refractivity contribution is -0.211. The third-order valence-corrected chi connectivity index (χ3v) is 9.74. The van der Waals surface area contributed by atoms with Gasteiger partial charge in [0, 0.05) is 35.9 Å². The molecule has 2 fully saturated rings. The minimum Gasteiger partial charge on any atom is -0.394 e. The smallest absolute Gasteiger partial charge is 0.259 e. The molecule has 2 aliphatic rings. The maximum Gasteiger partial charge on any atom is 0.259 e. The molecule has 3 N–H and O–H groups in total. The van der Waals surface area contributed by atoms with Crippen molar-refractivity contribution >= 4 is 37.5 Å². The number of aromatic nitrogens is 3. The molecule has 1 amide bonds. The number of benzene rings is 2. The number of hydrogen-bond acceptors (Lipinski definition) is 10. The number of aliphatic hydroxyl groups is 3. The van der Waals surface area contributed by atoms with E-state index in [1.165, 1.54) is 18.2 Å². The van der Waals surface area contributed by atoms with Crippen LogP contribution in [0.15, 0.2) is 41.0 Å². The van der Waals surface area contributed by atoms with E-state index >= 15 is 0 Å². The first-order valence-corrected chi connectivity index (χ1v) is 16.6. The second-order valence-corrected chi connectivity index (χ2v) is 14.1. The van der Waals surface area contributed by atoms with Gasteiger partial charge in [0.25, 0.3) is 5.91 Å². The van der Waals surface area contributed by atoms with Gasteiger partial charge in [-0.3, -0.25) is 4.79 Å². The first-order chi connectivity index (χ1) is 21.6. The summed E-state index contributed by atoms with van der Waals surface area (Å²) in [4.78, 5) is 15.8. The van der Waals surface area contributed by atoms with Crippen LogP contribution in [-0.2, 0) is 24.3 Å². The fourth-order valence-electron chi connectivity index (χ4n) is 5.85. The SMILES string of the molecule is COC1C(C(=O)N(c2cc(C)cc(Br)c2)[C@H]2CN(S(C)(=O)=O)C[C@@H]2O)OC(CO)C(O)C1n1cc(-c2cc(F)c(F)c(F)c2)nn1. The molecular formula is C28H31BrF3N5O8S. The highest BCUT2D eigenvalue weighted by Crippen LogP contribution is 2.36. The zero-order valence-corrected chi connectivity index (χ0v) is 27.1. The van der Waals surface area contributed by atoms with Crippen molar-refractivity contribution in [2.24, 2.45) is 0 Å². The molecule has 18 heteroatoms. The number of hydrogen-bond donors (Lipinski definition) is 3. The van der Waals surface area contributed by atoms with Gasteiger partial charge in [-0.15, -0.1) is 5.10 Å². The molecule has 5 rings (SSSR count). The van der Waals surface area contributed by atoms with Crippen molar-refractivity contribution < 1.29 is 51.2 Å². The van der Waals surface area contributed by atoms with Crippen LogP contribution in [-0.4, -0.2) is 119 Å². The van der Waals surface area contributed by atoms with Crippen LogP contribution in [0.4, 0.5) is 18.9 Å². The van der Waals surface area contributed by atoms with E-state index < -0.39 is 82.6 Å². The molecule has 0 saturated carbocycles. The lowest BCUT2D eigenvalue weighted by Gasteiger charge is -2.45. The lowest BCUT2D eigenvalue weighted by atomic mass is 9.91. The number of sulfonamides is 1. The Hall–Kier alpha value is -2.97. The molecule has 5 unspecified atom stereocenters. The Kier molecular flexibility index (Phi) is 9.91. The molecule has 2 saturated heterocycles. The monoisotopic (exact) mass is 733 g/mol. The molecule has 250 valence electrons. The third kappa shape index (κ3) is 6.57. The molecular weight excluding hydrogens is 703 g/mol. The highest BCUT2D eigenvalue weighted by atomic mass is 79.9. The van der Waals surface area contributed by atoms with Gasteiger partial charge in [0.2, 0.25) is 10.0 Å². The number of β-amino-alcohol motifs (C(OH)–C–C–N with tert-alkyl or cyclic N) is 1. The minimum atomic E-state index is -3.74. The average Bonchev–Trinajstić information content (AvgIpc) is 3.62. The molecule has 0 aliphatic carbocycles. The van der Waals surface area contributed by atoms with Crippen molar-refractivity contribution in [2.75, 3.05) is 38.0 Å². The fourth-order valence-corrected chi connectivity index (χ4v) is 7.30. The zero-order valence-electron chi connectivity index (χ0n) is 24.7. The topological polar surface area (TPSA) is 168 Å². The van der Waals surface area contributed by atoms with Gasteiger partial charge < -0.3 is 29.7 Å². The predicted octanol–water partition coefficient (Wildman–Crippen LogP) is 1.15. The number of aryl methyl sites for hydroxylation is 1. The lowest BCUT2D eigenvalue weighted by Crippen LogP contribution is -2.63. The molecule has 46 heavy (non-hydrogen) atoms. The van der Waals surface area contributed by atoms with Crippen LogP contribution in [0.1, 0.15) is 11.6 Å². The quantitative estimate of drug-likeness (QED) is 0.286. The molecule has 7 atom stereocenters. The van der Waals surface area contributed by atoms with Gasteiger partial charge in [0.15, 0.2) is 23.6 Å². The van der Waals surface area contributed by atoms with E-state index in [0.29, 0.717) is 22.3 Å². The summed E-state index contributed by atoms with van der Waals surface area (Å²) in [5, 5.41) is 40.3. The fraction of sp³-hybridized carbons (Fsp3) is 0.464. The maximum absolute atomic E-state index is 14.6. The Labute approximate surface area is 270 Å². The molecule has 0 bridgehead atoms. The number of aliphatic hydroxyl groups excluding tert-OH is 3. The van der Waals surface area contributed by atoms with Gasteiger partial charge in [-0.05, 0) is 42.8 Å². The molecule has 0 radical (unpaired) electrons. The van der Waals surface area contributed by atoms with Gasteiger partial charge in [-0.2, -0.15) is 4.31 Å². The molecule has 2 aliphatic heterocycles. The Bertz CT molecular complexity index is 1690. The van der Waals surface area contributed by atoms with Crippen molar-refractivity contribution in [2.45, 2.75) is 49.5 Å². The van der Waals surface area contributed by atoms with Gasteiger partial charge in [0.05, 0.1) is 31.2 Å². The summed E-state index contributed by atoms with van der Waals surface area (Å²) in [5.41, 5.74) is 0.761. The molecule has 1 aromatic heterocycles. The minimum absolute atomic E-state index is 0.101. The Morgan fingerprint density at radius 1 is 1.15 bits per heavy atom. The van der Waals surface area contributed by atoms with Crippen molar-refractivity contribution in [3.63, 3.8) is 0 Å². The zero-order chi connectivity index (χ0) is 33.7. The molecule has 0 spiro atoms. The van der Waals surface area contributed by atoms with Crippen LogP contribution in [0, 0.1) is 24.4 Å². The molecule has 13 nitrogen and oxygen atoms in total. The highest BCUT2D eigenvalue weighted by molar-refractivity contribution is 9.10. The van der Waals surface area contributed by atoms with E-state index in [-0.39, 0.29) is 24.3 Å². The largest absolute Gasteiger partial charge is 0.394 e. The van der Waals surface area contributed by atoms with Crippen molar-refractivity contribution in [3.8, 4) is 11.3 Å². The van der Waals surface area contributed by atoms with E-state index in [9.17, 15) is 41.7 Å². The van der Waals surface area contributed by atoms with Crippen LogP contribution in [0.5, 0.6) is 0 Å². The number of carbonyl (C=O) groups excluding carboxylic acids is 1. The number of anilines is 1. The van der Waals surface area contributed by atoms with E-state index in [2.05, 4.69) is 26.2 Å². The number of halogens is 4. The van der Waals surface area contributed by atoms with Crippen molar-refractivity contribution in [1.29, 1.82) is 0 Å². The van der Waals surface area contributed by atoms with E-state index in [1.54, 1.807) is 25.1 Å². The number of methoxy groups -OCH3 is 1. The summed E-state index contributed by atoms with van der Waals surface area (Å²) < 4.78 is 80.5. The Morgan fingerprint density at radius 3 is 2.39 bits per heavy atom. The van der Waals surface area contributed by atoms with Gasteiger partial charge in [-0.1, -0.05) is 21.1 Å². The second kappa shape index (κ2) is 13.3. The normalized spacial score (nSPS) is 27.2. The summed E-state index contributed by atoms with van der Waals surface area (Å²) in [7, 11) is -2.51. The molecule has 3 heterocycles. The van der Waals surface area contributed by atoms with E-state index in [1.807, 2.05) is 0 Å². The Balaban J connectivity index is 1.56. The number of amides is 1. The average molecular weight is 735 g/mol. The van der Waals surface area contributed by atoms with E-state index in [0.717, 1.165) is 20.8 Å². The van der Waals surface area contributed by atoms with Crippen molar-refractivity contribution in [1.82, 2.24) is 19.3 Å². The predicted molar refractivity (Wildman–Crippen MR) is 159 cm³/mol.